The van der Waals surface area contributed by atoms with Crippen LogP contribution in [0, 0.1) is 12.8 Å². The van der Waals surface area contributed by atoms with Crippen LogP contribution in [0.15, 0.2) is 12.1 Å². The third-order valence-corrected chi connectivity index (χ3v) is 3.20. The largest absolute Gasteiger partial charge is 0.396 e. The van der Waals surface area contributed by atoms with Crippen LogP contribution in [0.5, 0.6) is 0 Å². The van der Waals surface area contributed by atoms with Crippen molar-refractivity contribution >= 4 is 17.2 Å². The lowest BCUT2D eigenvalue weighted by Gasteiger charge is -2.10. The van der Waals surface area contributed by atoms with Gasteiger partial charge >= 0.3 is 0 Å². The Hall–Kier alpha value is -0.870. The van der Waals surface area contributed by atoms with Crippen LogP contribution in [0.25, 0.3) is 0 Å². The van der Waals surface area contributed by atoms with Gasteiger partial charge in [-0.15, -0.1) is 11.3 Å². The lowest BCUT2D eigenvalue weighted by atomic mass is 10.1. The molecule has 0 bridgehead atoms. The fourth-order valence-corrected chi connectivity index (χ4v) is 2.02. The zero-order valence-corrected chi connectivity index (χ0v) is 9.93. The number of thiophene rings is 1. The van der Waals surface area contributed by atoms with Gasteiger partial charge in [-0.05, 0) is 31.4 Å². The number of amides is 1. The van der Waals surface area contributed by atoms with E-state index in [9.17, 15) is 4.79 Å². The van der Waals surface area contributed by atoms with E-state index in [0.717, 1.165) is 16.2 Å². The fourth-order valence-electron chi connectivity index (χ4n) is 1.23. The van der Waals surface area contributed by atoms with Crippen LogP contribution in [-0.4, -0.2) is 24.2 Å². The van der Waals surface area contributed by atoms with Crippen LogP contribution in [-0.2, 0) is 0 Å². The summed E-state index contributed by atoms with van der Waals surface area (Å²) in [6.07, 6.45) is 0.726. The molecule has 0 radical (unpaired) electrons. The summed E-state index contributed by atoms with van der Waals surface area (Å²) >= 11 is 1.50. The maximum atomic E-state index is 11.6. The van der Waals surface area contributed by atoms with Crippen molar-refractivity contribution in [3.05, 3.63) is 21.9 Å². The molecule has 15 heavy (non-hydrogen) atoms. The minimum Gasteiger partial charge on any atom is -0.396 e. The van der Waals surface area contributed by atoms with E-state index in [-0.39, 0.29) is 12.5 Å². The quantitative estimate of drug-likeness (QED) is 0.806. The molecule has 1 aromatic heterocycles. The first-order valence-electron chi connectivity index (χ1n) is 5.09. The molecule has 1 unspecified atom stereocenters. The normalized spacial score (nSPS) is 12.5. The van der Waals surface area contributed by atoms with Gasteiger partial charge in [-0.1, -0.05) is 6.92 Å². The lowest BCUT2D eigenvalue weighted by molar-refractivity contribution is 0.0949. The van der Waals surface area contributed by atoms with Gasteiger partial charge in [0.05, 0.1) is 4.88 Å². The second kappa shape index (κ2) is 5.88. The first kappa shape index (κ1) is 12.2. The predicted molar refractivity (Wildman–Crippen MR) is 62.3 cm³/mol. The summed E-state index contributed by atoms with van der Waals surface area (Å²) < 4.78 is 0. The molecule has 1 atom stereocenters. The second-order valence-corrected chi connectivity index (χ2v) is 5.03. The third-order valence-electron chi connectivity index (χ3n) is 2.20. The molecule has 0 aliphatic rings. The maximum absolute atomic E-state index is 11.6. The first-order valence-corrected chi connectivity index (χ1v) is 5.90. The van der Waals surface area contributed by atoms with Crippen LogP contribution in [0.4, 0.5) is 0 Å². The van der Waals surface area contributed by atoms with E-state index in [1.807, 2.05) is 26.0 Å². The molecule has 3 nitrogen and oxygen atoms in total. The molecule has 0 aromatic carbocycles. The van der Waals surface area contributed by atoms with Crippen LogP contribution in [0.1, 0.15) is 27.9 Å². The molecule has 2 N–H and O–H groups in total. The molecule has 0 fully saturated rings. The molecule has 0 saturated carbocycles. The molecule has 1 aromatic rings. The van der Waals surface area contributed by atoms with E-state index < -0.39 is 0 Å². The maximum Gasteiger partial charge on any atom is 0.261 e. The molecule has 84 valence electrons. The fraction of sp³-hybridized carbons (Fsp3) is 0.545. The van der Waals surface area contributed by atoms with E-state index >= 15 is 0 Å². The smallest absolute Gasteiger partial charge is 0.261 e. The summed E-state index contributed by atoms with van der Waals surface area (Å²) in [7, 11) is 0. The Morgan fingerprint density at radius 2 is 2.33 bits per heavy atom. The Kier molecular flexibility index (Phi) is 4.78. The number of rotatable bonds is 5. The van der Waals surface area contributed by atoms with Crippen LogP contribution in [0.2, 0.25) is 0 Å². The van der Waals surface area contributed by atoms with Crippen molar-refractivity contribution in [1.29, 1.82) is 0 Å². The van der Waals surface area contributed by atoms with Crippen molar-refractivity contribution in [2.75, 3.05) is 13.2 Å². The van der Waals surface area contributed by atoms with Crippen LogP contribution >= 0.6 is 11.3 Å². The van der Waals surface area contributed by atoms with Gasteiger partial charge < -0.3 is 10.4 Å². The summed E-state index contributed by atoms with van der Waals surface area (Å²) in [4.78, 5) is 13.5. The number of aliphatic hydroxyl groups excluding tert-OH is 1. The van der Waals surface area contributed by atoms with Gasteiger partial charge in [-0.2, -0.15) is 0 Å². The monoisotopic (exact) mass is 227 g/mol. The predicted octanol–water partition coefficient (Wildman–Crippen LogP) is 1.80. The van der Waals surface area contributed by atoms with Gasteiger partial charge in [-0.3, -0.25) is 4.79 Å². The van der Waals surface area contributed by atoms with E-state index in [4.69, 9.17) is 5.11 Å². The Morgan fingerprint density at radius 1 is 1.60 bits per heavy atom. The Labute approximate surface area is 94.1 Å². The number of aliphatic hydroxyl groups is 1. The van der Waals surface area contributed by atoms with Gasteiger partial charge in [0, 0.05) is 18.0 Å². The van der Waals surface area contributed by atoms with Gasteiger partial charge in [0.15, 0.2) is 0 Å². The van der Waals surface area contributed by atoms with Gasteiger partial charge in [-0.25, -0.2) is 0 Å². The number of hydrogen-bond donors (Lipinski definition) is 2. The zero-order chi connectivity index (χ0) is 11.3. The average Bonchev–Trinajstić information content (AvgIpc) is 2.62. The average molecular weight is 227 g/mol. The summed E-state index contributed by atoms with van der Waals surface area (Å²) in [5, 5.41) is 11.6. The number of carbonyl (C=O) groups is 1. The van der Waals surface area contributed by atoms with Crippen molar-refractivity contribution in [3.8, 4) is 0 Å². The van der Waals surface area contributed by atoms with E-state index in [0.29, 0.717) is 12.5 Å². The van der Waals surface area contributed by atoms with Gasteiger partial charge in [0.2, 0.25) is 0 Å². The zero-order valence-electron chi connectivity index (χ0n) is 9.12. The van der Waals surface area contributed by atoms with Crippen molar-refractivity contribution in [1.82, 2.24) is 5.32 Å². The molecule has 1 rings (SSSR count). The minimum atomic E-state index is -0.0158. The Bertz CT molecular complexity index is 322. The number of hydrogen-bond acceptors (Lipinski definition) is 3. The van der Waals surface area contributed by atoms with E-state index in [1.54, 1.807) is 0 Å². The summed E-state index contributed by atoms with van der Waals surface area (Å²) in [5.74, 6) is 0.304. The van der Waals surface area contributed by atoms with Crippen LogP contribution in [0.3, 0.4) is 0 Å². The number of nitrogens with one attached hydrogen (secondary N) is 1. The summed E-state index contributed by atoms with van der Waals surface area (Å²) in [6.45, 7) is 4.79. The van der Waals surface area contributed by atoms with Crippen molar-refractivity contribution in [2.45, 2.75) is 20.3 Å². The summed E-state index contributed by atoms with van der Waals surface area (Å²) in [6, 6.07) is 3.78. The second-order valence-electron chi connectivity index (χ2n) is 3.74. The van der Waals surface area contributed by atoms with Crippen molar-refractivity contribution < 1.29 is 9.90 Å². The van der Waals surface area contributed by atoms with Crippen molar-refractivity contribution in [2.24, 2.45) is 5.92 Å². The van der Waals surface area contributed by atoms with Crippen LogP contribution < -0.4 is 5.32 Å². The molecule has 0 spiro atoms. The Morgan fingerprint density at radius 3 is 2.87 bits per heavy atom. The molecule has 1 heterocycles. The highest BCUT2D eigenvalue weighted by Gasteiger charge is 2.09. The number of carbonyl (C=O) groups excluding carboxylic acids is 1. The topological polar surface area (TPSA) is 49.3 Å². The number of aryl methyl sites for hydroxylation is 1. The minimum absolute atomic E-state index is 0.0158. The summed E-state index contributed by atoms with van der Waals surface area (Å²) in [5.41, 5.74) is 0. The molecule has 1 amide bonds. The lowest BCUT2D eigenvalue weighted by Crippen LogP contribution is -2.27. The highest BCUT2D eigenvalue weighted by atomic mass is 32.1. The van der Waals surface area contributed by atoms with E-state index in [1.165, 1.54) is 11.3 Å². The SMILES string of the molecule is Cc1ccc(C(=O)NCC(C)CCO)s1. The molecular formula is C11H17NO2S. The highest BCUT2D eigenvalue weighted by molar-refractivity contribution is 7.13. The van der Waals surface area contributed by atoms with Crippen molar-refractivity contribution in [3.63, 3.8) is 0 Å². The van der Waals surface area contributed by atoms with E-state index in [2.05, 4.69) is 5.32 Å². The standard InChI is InChI=1S/C11H17NO2S/c1-8(5-6-13)7-12-11(14)10-4-3-9(2)15-10/h3-4,8,13H,5-7H2,1-2H3,(H,12,14). The van der Waals surface area contributed by atoms with Gasteiger partial charge in [0.25, 0.3) is 5.91 Å². The molecule has 0 aliphatic carbocycles. The molecule has 0 saturated heterocycles. The molecule has 0 aliphatic heterocycles. The highest BCUT2D eigenvalue weighted by Crippen LogP contribution is 2.14. The third kappa shape index (κ3) is 4.01. The molecule has 4 heteroatoms. The van der Waals surface area contributed by atoms with Gasteiger partial charge in [0.1, 0.15) is 0 Å². The molecular weight excluding hydrogens is 210 g/mol. The Balaban J connectivity index is 2.36. The first-order chi connectivity index (χ1) is 7.13.